The molecule has 2 aromatic rings. The van der Waals surface area contributed by atoms with Gasteiger partial charge in [-0.1, -0.05) is 17.3 Å². The van der Waals surface area contributed by atoms with Crippen LogP contribution in [0, 0.1) is 0 Å². The summed E-state index contributed by atoms with van der Waals surface area (Å²) >= 11 is 0. The summed E-state index contributed by atoms with van der Waals surface area (Å²) in [6.07, 6.45) is 0. The molecule has 18 heavy (non-hydrogen) atoms. The summed E-state index contributed by atoms with van der Waals surface area (Å²) in [4.78, 5) is 4.13. The van der Waals surface area contributed by atoms with Crippen LogP contribution in [0.3, 0.4) is 0 Å². The molecule has 0 radical (unpaired) electrons. The zero-order valence-corrected chi connectivity index (χ0v) is 10.0. The lowest BCUT2D eigenvalue weighted by Crippen LogP contribution is -2.14. The number of ether oxygens (including phenoxy) is 1. The van der Waals surface area contributed by atoms with Crippen LogP contribution >= 0.6 is 0 Å². The summed E-state index contributed by atoms with van der Waals surface area (Å²) < 4.78 is 10.4. The summed E-state index contributed by atoms with van der Waals surface area (Å²) in [5.41, 5.74) is 6.37. The van der Waals surface area contributed by atoms with Crippen LogP contribution in [0.1, 0.15) is 18.9 Å². The zero-order valence-electron chi connectivity index (χ0n) is 10.0. The van der Waals surface area contributed by atoms with Crippen LogP contribution in [-0.4, -0.2) is 28.5 Å². The molecule has 1 aromatic carbocycles. The van der Waals surface area contributed by atoms with E-state index >= 15 is 0 Å². The van der Waals surface area contributed by atoms with Crippen molar-refractivity contribution in [3.8, 4) is 17.1 Å². The summed E-state index contributed by atoms with van der Waals surface area (Å²) in [5, 5.41) is 12.7. The number of hydrogen-bond acceptors (Lipinski definition) is 6. The Labute approximate surface area is 104 Å². The van der Waals surface area contributed by atoms with Crippen molar-refractivity contribution >= 4 is 0 Å². The van der Waals surface area contributed by atoms with Crippen molar-refractivity contribution in [2.24, 2.45) is 5.73 Å². The first-order chi connectivity index (χ1) is 8.74. The highest BCUT2D eigenvalue weighted by molar-refractivity contribution is 5.56. The molecular weight excluding hydrogens is 234 g/mol. The Kier molecular flexibility index (Phi) is 3.91. The van der Waals surface area contributed by atoms with E-state index in [-0.39, 0.29) is 12.5 Å². The van der Waals surface area contributed by atoms with Gasteiger partial charge in [-0.2, -0.15) is 4.98 Å². The lowest BCUT2D eigenvalue weighted by Gasteiger charge is -2.03. The summed E-state index contributed by atoms with van der Waals surface area (Å²) in [5.74, 6) is 1.39. The van der Waals surface area contributed by atoms with Gasteiger partial charge in [-0.05, 0) is 19.1 Å². The molecule has 0 unspecified atom stereocenters. The number of aromatic nitrogens is 2. The molecule has 96 valence electrons. The molecule has 0 fully saturated rings. The molecule has 0 aliphatic carbocycles. The summed E-state index contributed by atoms with van der Waals surface area (Å²) in [7, 11) is 0. The number of aliphatic hydroxyl groups excluding tert-OH is 1. The maximum Gasteiger partial charge on any atom is 0.246 e. The van der Waals surface area contributed by atoms with Crippen LogP contribution in [0.15, 0.2) is 28.8 Å². The van der Waals surface area contributed by atoms with Crippen molar-refractivity contribution in [2.45, 2.75) is 13.0 Å². The Morgan fingerprint density at radius 1 is 1.50 bits per heavy atom. The van der Waals surface area contributed by atoms with E-state index in [2.05, 4.69) is 10.1 Å². The fourth-order valence-electron chi connectivity index (χ4n) is 1.47. The summed E-state index contributed by atoms with van der Waals surface area (Å²) in [6.45, 7) is 2.27. The third-order valence-electron chi connectivity index (χ3n) is 2.36. The molecule has 1 aromatic heterocycles. The largest absolute Gasteiger partial charge is 0.494 e. The van der Waals surface area contributed by atoms with Gasteiger partial charge in [-0.25, -0.2) is 0 Å². The van der Waals surface area contributed by atoms with Crippen molar-refractivity contribution in [1.82, 2.24) is 10.1 Å². The second kappa shape index (κ2) is 5.61. The van der Waals surface area contributed by atoms with Crippen LogP contribution in [0.4, 0.5) is 0 Å². The minimum Gasteiger partial charge on any atom is -0.494 e. The average molecular weight is 249 g/mol. The first-order valence-corrected chi connectivity index (χ1v) is 5.68. The predicted molar refractivity (Wildman–Crippen MR) is 64.9 cm³/mol. The molecule has 6 heteroatoms. The molecule has 0 amide bonds. The van der Waals surface area contributed by atoms with E-state index in [1.54, 1.807) is 0 Å². The molecule has 0 spiro atoms. The molecule has 6 nitrogen and oxygen atoms in total. The van der Waals surface area contributed by atoms with E-state index in [0.29, 0.717) is 12.4 Å². The number of nitrogens with two attached hydrogens (primary N) is 1. The van der Waals surface area contributed by atoms with Crippen LogP contribution < -0.4 is 10.5 Å². The van der Waals surface area contributed by atoms with Crippen LogP contribution in [0.25, 0.3) is 11.4 Å². The molecule has 1 atom stereocenters. The number of benzene rings is 1. The SMILES string of the molecule is CCOc1cccc(-c2noc([C@@H](N)CO)n2)c1. The van der Waals surface area contributed by atoms with E-state index in [0.717, 1.165) is 11.3 Å². The van der Waals surface area contributed by atoms with E-state index in [9.17, 15) is 0 Å². The van der Waals surface area contributed by atoms with E-state index in [1.165, 1.54) is 0 Å². The molecule has 3 N–H and O–H groups in total. The Hall–Kier alpha value is -1.92. The van der Waals surface area contributed by atoms with Gasteiger partial charge in [0, 0.05) is 5.56 Å². The molecule has 0 aliphatic rings. The minimum absolute atomic E-state index is 0.217. The van der Waals surface area contributed by atoms with Gasteiger partial charge in [0.25, 0.3) is 0 Å². The van der Waals surface area contributed by atoms with Gasteiger partial charge in [-0.15, -0.1) is 0 Å². The number of aliphatic hydroxyl groups is 1. The molecule has 0 aliphatic heterocycles. The van der Waals surface area contributed by atoms with Crippen molar-refractivity contribution in [3.63, 3.8) is 0 Å². The van der Waals surface area contributed by atoms with Gasteiger partial charge in [-0.3, -0.25) is 0 Å². The zero-order chi connectivity index (χ0) is 13.0. The fourth-order valence-corrected chi connectivity index (χ4v) is 1.47. The topological polar surface area (TPSA) is 94.4 Å². The maximum absolute atomic E-state index is 8.91. The lowest BCUT2D eigenvalue weighted by molar-refractivity contribution is 0.237. The second-order valence-corrected chi connectivity index (χ2v) is 3.71. The monoisotopic (exact) mass is 249 g/mol. The number of nitrogens with zero attached hydrogens (tertiary/aromatic N) is 2. The number of rotatable bonds is 5. The van der Waals surface area contributed by atoms with Gasteiger partial charge in [0.1, 0.15) is 11.8 Å². The van der Waals surface area contributed by atoms with Crippen molar-refractivity contribution in [2.75, 3.05) is 13.2 Å². The van der Waals surface area contributed by atoms with Gasteiger partial charge in [0.2, 0.25) is 11.7 Å². The number of hydrogen-bond donors (Lipinski definition) is 2. The normalized spacial score (nSPS) is 12.4. The van der Waals surface area contributed by atoms with Crippen LogP contribution in [-0.2, 0) is 0 Å². The first-order valence-electron chi connectivity index (χ1n) is 5.68. The first kappa shape index (κ1) is 12.5. The Morgan fingerprint density at radius 2 is 2.33 bits per heavy atom. The minimum atomic E-state index is -0.652. The molecule has 0 saturated heterocycles. The molecule has 1 heterocycles. The highest BCUT2D eigenvalue weighted by Crippen LogP contribution is 2.22. The highest BCUT2D eigenvalue weighted by Gasteiger charge is 2.14. The third-order valence-corrected chi connectivity index (χ3v) is 2.36. The van der Waals surface area contributed by atoms with E-state index < -0.39 is 6.04 Å². The Morgan fingerprint density at radius 3 is 3.06 bits per heavy atom. The average Bonchev–Trinajstić information content (AvgIpc) is 2.88. The Bertz CT molecular complexity index is 513. The molecule has 0 bridgehead atoms. The highest BCUT2D eigenvalue weighted by atomic mass is 16.5. The van der Waals surface area contributed by atoms with Crippen molar-refractivity contribution in [3.05, 3.63) is 30.2 Å². The fraction of sp³-hybridized carbons (Fsp3) is 0.333. The van der Waals surface area contributed by atoms with Crippen molar-refractivity contribution < 1.29 is 14.4 Å². The van der Waals surface area contributed by atoms with Gasteiger partial charge in [0.05, 0.1) is 13.2 Å². The van der Waals surface area contributed by atoms with Crippen molar-refractivity contribution in [1.29, 1.82) is 0 Å². The van der Waals surface area contributed by atoms with Crippen LogP contribution in [0.2, 0.25) is 0 Å². The van der Waals surface area contributed by atoms with E-state index in [4.69, 9.17) is 20.1 Å². The quantitative estimate of drug-likeness (QED) is 0.824. The molecule has 0 saturated carbocycles. The lowest BCUT2D eigenvalue weighted by atomic mass is 10.2. The summed E-state index contributed by atoms with van der Waals surface area (Å²) in [6, 6.07) is 6.72. The van der Waals surface area contributed by atoms with E-state index in [1.807, 2.05) is 31.2 Å². The second-order valence-electron chi connectivity index (χ2n) is 3.71. The van der Waals surface area contributed by atoms with Gasteiger partial charge in [0.15, 0.2) is 0 Å². The standard InChI is InChI=1S/C12H15N3O3/c1-2-17-9-5-3-4-8(6-9)11-14-12(18-15-11)10(13)7-16/h3-6,10,16H,2,7,13H2,1H3/t10-/m0/s1. The Balaban J connectivity index is 2.25. The molecule has 2 rings (SSSR count). The van der Waals surface area contributed by atoms with Crippen LogP contribution in [0.5, 0.6) is 5.75 Å². The molecular formula is C12H15N3O3. The third kappa shape index (κ3) is 2.66. The van der Waals surface area contributed by atoms with Gasteiger partial charge < -0.3 is 20.1 Å². The van der Waals surface area contributed by atoms with Gasteiger partial charge >= 0.3 is 0 Å². The smallest absolute Gasteiger partial charge is 0.246 e. The maximum atomic E-state index is 8.91. The predicted octanol–water partition coefficient (Wildman–Crippen LogP) is 1.13.